The fraction of sp³-hybridized carbons (Fsp3) is 0.895. The van der Waals surface area contributed by atoms with Gasteiger partial charge in [0.25, 0.3) is 0 Å². The maximum atomic E-state index is 12.8. The molecule has 5 fully saturated rings. The summed E-state index contributed by atoms with van der Waals surface area (Å²) in [5.41, 5.74) is 5.27. The Hall–Kier alpha value is -1.10. The Bertz CT molecular complexity index is 464. The summed E-state index contributed by atoms with van der Waals surface area (Å²) in [6.07, 6.45) is 11.4. The zero-order chi connectivity index (χ0) is 16.6. The van der Waals surface area contributed by atoms with Crippen molar-refractivity contribution < 1.29 is 9.59 Å². The van der Waals surface area contributed by atoms with Crippen LogP contribution >= 0.6 is 0 Å². The molecule has 0 atom stereocenters. The van der Waals surface area contributed by atoms with Gasteiger partial charge in [-0.25, -0.2) is 0 Å². The average molecular weight is 333 g/mol. The fourth-order valence-electron chi connectivity index (χ4n) is 6.15. The number of nitrogens with zero attached hydrogens (tertiary/aromatic N) is 1. The summed E-state index contributed by atoms with van der Waals surface area (Å²) in [4.78, 5) is 27.2. The normalized spacial score (nSPS) is 38.1. The Morgan fingerprint density at radius 3 is 2.04 bits per heavy atom. The van der Waals surface area contributed by atoms with E-state index in [1.54, 1.807) is 0 Å². The summed E-state index contributed by atoms with van der Waals surface area (Å²) in [5, 5.41) is 0. The van der Waals surface area contributed by atoms with Crippen molar-refractivity contribution >= 4 is 11.8 Å². The van der Waals surface area contributed by atoms with E-state index >= 15 is 0 Å². The quantitative estimate of drug-likeness (QED) is 0.776. The number of piperidine rings is 1. The standard InChI is InChI=1S/C19H31N3O2/c23-17(4-7-22-5-2-1-3-6-22)20-21-18(24)19-11-14-8-15(12-19)10-16(9-14)13-19/h14-16H,1-13H2,(H,20,23)(H,21,24). The van der Waals surface area contributed by atoms with Crippen molar-refractivity contribution in [2.45, 2.75) is 64.2 Å². The lowest BCUT2D eigenvalue weighted by atomic mass is 9.49. The van der Waals surface area contributed by atoms with Crippen LogP contribution in [0.3, 0.4) is 0 Å². The molecule has 1 aliphatic heterocycles. The second kappa shape index (κ2) is 6.66. The average Bonchev–Trinajstić information content (AvgIpc) is 2.57. The van der Waals surface area contributed by atoms with Crippen molar-refractivity contribution in [3.63, 3.8) is 0 Å². The molecule has 0 aromatic heterocycles. The summed E-state index contributed by atoms with van der Waals surface area (Å²) in [6.45, 7) is 3.01. The van der Waals surface area contributed by atoms with Crippen LogP contribution in [-0.2, 0) is 9.59 Å². The van der Waals surface area contributed by atoms with E-state index in [2.05, 4.69) is 15.8 Å². The molecule has 5 nitrogen and oxygen atoms in total. The SMILES string of the molecule is O=C(CCN1CCCCC1)NNC(=O)C12CC3CC(CC(C3)C1)C2. The second-order valence-electron chi connectivity index (χ2n) is 8.85. The van der Waals surface area contributed by atoms with E-state index in [9.17, 15) is 9.59 Å². The second-order valence-corrected chi connectivity index (χ2v) is 8.85. The van der Waals surface area contributed by atoms with Gasteiger partial charge in [-0.05, 0) is 82.2 Å². The fourth-order valence-corrected chi connectivity index (χ4v) is 6.15. The zero-order valence-corrected chi connectivity index (χ0v) is 14.7. The molecular weight excluding hydrogens is 302 g/mol. The number of hydrogen-bond donors (Lipinski definition) is 2. The summed E-state index contributed by atoms with van der Waals surface area (Å²) in [7, 11) is 0. The molecule has 0 aromatic carbocycles. The molecule has 0 spiro atoms. The predicted molar refractivity (Wildman–Crippen MR) is 91.8 cm³/mol. The summed E-state index contributed by atoms with van der Waals surface area (Å²) in [5.74, 6) is 2.26. The molecule has 0 unspecified atom stereocenters. The number of carbonyl (C=O) groups is 2. The Morgan fingerprint density at radius 2 is 1.46 bits per heavy atom. The first-order valence-electron chi connectivity index (χ1n) is 9.95. The number of carbonyl (C=O) groups excluding carboxylic acids is 2. The molecule has 1 heterocycles. The lowest BCUT2D eigenvalue weighted by Crippen LogP contribution is -2.56. The molecule has 2 N–H and O–H groups in total. The molecule has 4 bridgehead atoms. The molecule has 24 heavy (non-hydrogen) atoms. The van der Waals surface area contributed by atoms with Gasteiger partial charge < -0.3 is 4.90 Å². The highest BCUT2D eigenvalue weighted by Crippen LogP contribution is 2.59. The van der Waals surface area contributed by atoms with Crippen LogP contribution in [-0.4, -0.2) is 36.3 Å². The molecule has 0 aromatic rings. The van der Waals surface area contributed by atoms with Crippen LogP contribution < -0.4 is 10.9 Å². The Kier molecular flexibility index (Phi) is 4.54. The number of hydrazine groups is 1. The molecule has 5 rings (SSSR count). The van der Waals surface area contributed by atoms with Crippen LogP contribution in [0.2, 0.25) is 0 Å². The van der Waals surface area contributed by atoms with Gasteiger partial charge in [0.15, 0.2) is 0 Å². The molecule has 5 aliphatic rings. The molecular formula is C19H31N3O2. The van der Waals surface area contributed by atoms with Crippen LogP contribution in [0, 0.1) is 23.2 Å². The number of nitrogens with one attached hydrogen (secondary N) is 2. The highest BCUT2D eigenvalue weighted by atomic mass is 16.2. The van der Waals surface area contributed by atoms with E-state index in [1.807, 2.05) is 0 Å². The smallest absolute Gasteiger partial charge is 0.244 e. The van der Waals surface area contributed by atoms with Gasteiger partial charge in [0.05, 0.1) is 5.41 Å². The van der Waals surface area contributed by atoms with E-state index in [4.69, 9.17) is 0 Å². The monoisotopic (exact) mass is 333 g/mol. The first-order chi connectivity index (χ1) is 11.6. The van der Waals surface area contributed by atoms with E-state index in [0.29, 0.717) is 6.42 Å². The van der Waals surface area contributed by atoms with E-state index in [0.717, 1.165) is 56.7 Å². The van der Waals surface area contributed by atoms with Gasteiger partial charge in [0.2, 0.25) is 11.8 Å². The lowest BCUT2D eigenvalue weighted by Gasteiger charge is -2.55. The van der Waals surface area contributed by atoms with E-state index in [-0.39, 0.29) is 17.2 Å². The van der Waals surface area contributed by atoms with Crippen molar-refractivity contribution in [2.75, 3.05) is 19.6 Å². The van der Waals surface area contributed by atoms with Gasteiger partial charge in [-0.2, -0.15) is 0 Å². The number of amides is 2. The number of likely N-dealkylation sites (tertiary alicyclic amines) is 1. The summed E-state index contributed by atoms with van der Waals surface area (Å²) in [6, 6.07) is 0. The minimum absolute atomic E-state index is 0.0568. The lowest BCUT2D eigenvalue weighted by molar-refractivity contribution is -0.149. The van der Waals surface area contributed by atoms with E-state index in [1.165, 1.54) is 38.5 Å². The summed E-state index contributed by atoms with van der Waals surface area (Å²) < 4.78 is 0. The van der Waals surface area contributed by atoms with Gasteiger partial charge in [0.1, 0.15) is 0 Å². The van der Waals surface area contributed by atoms with E-state index < -0.39 is 0 Å². The zero-order valence-electron chi connectivity index (χ0n) is 14.7. The third kappa shape index (κ3) is 3.32. The Balaban J connectivity index is 1.24. The van der Waals surface area contributed by atoms with Gasteiger partial charge in [-0.1, -0.05) is 6.42 Å². The predicted octanol–water partition coefficient (Wildman–Crippen LogP) is 2.23. The minimum Gasteiger partial charge on any atom is -0.303 e. The van der Waals surface area contributed by atoms with Crippen LogP contribution in [0.1, 0.15) is 64.2 Å². The van der Waals surface area contributed by atoms with Crippen LogP contribution in [0.4, 0.5) is 0 Å². The van der Waals surface area contributed by atoms with Crippen molar-refractivity contribution in [2.24, 2.45) is 23.2 Å². The van der Waals surface area contributed by atoms with Crippen molar-refractivity contribution in [1.29, 1.82) is 0 Å². The first-order valence-corrected chi connectivity index (χ1v) is 9.95. The largest absolute Gasteiger partial charge is 0.303 e. The third-order valence-electron chi connectivity index (χ3n) is 6.94. The third-order valence-corrected chi connectivity index (χ3v) is 6.94. The Labute approximate surface area is 144 Å². The number of rotatable bonds is 4. The first kappa shape index (κ1) is 16.4. The van der Waals surface area contributed by atoms with Crippen LogP contribution in [0.15, 0.2) is 0 Å². The minimum atomic E-state index is -0.186. The van der Waals surface area contributed by atoms with Gasteiger partial charge >= 0.3 is 0 Å². The van der Waals surface area contributed by atoms with Gasteiger partial charge in [0, 0.05) is 13.0 Å². The topological polar surface area (TPSA) is 61.4 Å². The Morgan fingerprint density at radius 1 is 0.875 bits per heavy atom. The van der Waals surface area contributed by atoms with Gasteiger partial charge in [-0.3, -0.25) is 20.4 Å². The van der Waals surface area contributed by atoms with Crippen molar-refractivity contribution in [1.82, 2.24) is 15.8 Å². The summed E-state index contributed by atoms with van der Waals surface area (Å²) >= 11 is 0. The molecule has 0 radical (unpaired) electrons. The molecule has 4 aliphatic carbocycles. The molecule has 5 heteroatoms. The van der Waals surface area contributed by atoms with Gasteiger partial charge in [-0.15, -0.1) is 0 Å². The van der Waals surface area contributed by atoms with Crippen molar-refractivity contribution in [3.8, 4) is 0 Å². The molecule has 4 saturated carbocycles. The van der Waals surface area contributed by atoms with Crippen molar-refractivity contribution in [3.05, 3.63) is 0 Å². The van der Waals surface area contributed by atoms with Crippen LogP contribution in [0.25, 0.3) is 0 Å². The highest BCUT2D eigenvalue weighted by Gasteiger charge is 2.54. The maximum absolute atomic E-state index is 12.8. The highest BCUT2D eigenvalue weighted by molar-refractivity contribution is 5.86. The molecule has 134 valence electrons. The molecule has 1 saturated heterocycles. The maximum Gasteiger partial charge on any atom is 0.244 e. The number of hydrogen-bond acceptors (Lipinski definition) is 3. The van der Waals surface area contributed by atoms with Crippen LogP contribution in [0.5, 0.6) is 0 Å². The molecule has 2 amide bonds.